The molecular formula is C31H33Cl2FN2O2S. The fourth-order valence-electron chi connectivity index (χ4n) is 4.88. The summed E-state index contributed by atoms with van der Waals surface area (Å²) >= 11 is 14.0. The van der Waals surface area contributed by atoms with Gasteiger partial charge in [-0.25, -0.2) is 4.39 Å². The standard InChI is InChI=1S/C31H33Cl2FN2O2S/c32-25-16-15-23(27(33)18-25)19-36(30(37)21-39-20-24-11-7-8-14-28(24)34)29(17-22-9-3-1-4-10-22)31(38)35-26-12-5-2-6-13-26/h1,3-4,7-11,14-16,18,26,29H,2,5-6,12-13,17,19-21H2,(H,35,38). The van der Waals surface area contributed by atoms with Crippen molar-refractivity contribution >= 4 is 46.8 Å². The summed E-state index contributed by atoms with van der Waals surface area (Å²) in [4.78, 5) is 29.2. The molecule has 0 aliphatic heterocycles. The highest BCUT2D eigenvalue weighted by molar-refractivity contribution is 7.99. The maximum atomic E-state index is 14.1. The Bertz CT molecular complexity index is 1250. The first-order chi connectivity index (χ1) is 18.9. The molecule has 0 bridgehead atoms. The van der Waals surface area contributed by atoms with Crippen molar-refractivity contribution in [2.24, 2.45) is 0 Å². The molecule has 0 aromatic heterocycles. The zero-order chi connectivity index (χ0) is 27.6. The van der Waals surface area contributed by atoms with E-state index in [-0.39, 0.29) is 36.0 Å². The van der Waals surface area contributed by atoms with Crippen molar-refractivity contribution in [3.05, 3.63) is 105 Å². The Labute approximate surface area is 244 Å². The lowest BCUT2D eigenvalue weighted by atomic mass is 9.94. The van der Waals surface area contributed by atoms with Crippen molar-refractivity contribution in [2.75, 3.05) is 5.75 Å². The minimum Gasteiger partial charge on any atom is -0.352 e. The summed E-state index contributed by atoms with van der Waals surface area (Å²) in [6.07, 6.45) is 5.61. The zero-order valence-electron chi connectivity index (χ0n) is 21.8. The van der Waals surface area contributed by atoms with Crippen molar-refractivity contribution in [3.8, 4) is 0 Å². The maximum absolute atomic E-state index is 14.1. The largest absolute Gasteiger partial charge is 0.352 e. The zero-order valence-corrected chi connectivity index (χ0v) is 24.1. The molecule has 4 rings (SSSR count). The van der Waals surface area contributed by atoms with Crippen LogP contribution >= 0.6 is 35.0 Å². The molecular weight excluding hydrogens is 554 g/mol. The molecule has 1 unspecified atom stereocenters. The number of hydrogen-bond donors (Lipinski definition) is 1. The van der Waals surface area contributed by atoms with Crippen molar-refractivity contribution in [2.45, 2.75) is 62.9 Å². The molecule has 2 amide bonds. The monoisotopic (exact) mass is 586 g/mol. The normalized spacial score (nSPS) is 14.5. The van der Waals surface area contributed by atoms with Gasteiger partial charge in [-0.15, -0.1) is 11.8 Å². The van der Waals surface area contributed by atoms with Gasteiger partial charge in [0.15, 0.2) is 0 Å². The molecule has 3 aromatic rings. The fourth-order valence-corrected chi connectivity index (χ4v) is 6.24. The third-order valence-electron chi connectivity index (χ3n) is 7.02. The summed E-state index contributed by atoms with van der Waals surface area (Å²) in [5.41, 5.74) is 2.20. The predicted octanol–water partition coefficient (Wildman–Crippen LogP) is 7.45. The molecule has 1 atom stereocenters. The van der Waals surface area contributed by atoms with E-state index in [9.17, 15) is 14.0 Å². The summed E-state index contributed by atoms with van der Waals surface area (Å²) in [5.74, 6) is -0.214. The Hall–Kier alpha value is -2.54. The molecule has 1 fully saturated rings. The first kappa shape index (κ1) is 29.4. The molecule has 1 aliphatic rings. The van der Waals surface area contributed by atoms with Crippen LogP contribution < -0.4 is 5.32 Å². The van der Waals surface area contributed by atoms with Crippen molar-refractivity contribution in [3.63, 3.8) is 0 Å². The summed E-state index contributed by atoms with van der Waals surface area (Å²) in [7, 11) is 0. The number of halogens is 3. The molecule has 1 N–H and O–H groups in total. The number of carbonyl (C=O) groups is 2. The Morgan fingerprint density at radius 3 is 2.38 bits per heavy atom. The number of amides is 2. The Kier molecular flexibility index (Phi) is 11.1. The Balaban J connectivity index is 1.59. The SMILES string of the molecule is O=C(NC1CCCCC1)C(Cc1ccccc1)N(Cc1ccc(Cl)cc1Cl)C(=O)CSCc1ccccc1F. The van der Waals surface area contributed by atoms with Crippen molar-refractivity contribution < 1.29 is 14.0 Å². The average molecular weight is 588 g/mol. The molecule has 206 valence electrons. The highest BCUT2D eigenvalue weighted by atomic mass is 35.5. The first-order valence-electron chi connectivity index (χ1n) is 13.3. The molecule has 4 nitrogen and oxygen atoms in total. The summed E-state index contributed by atoms with van der Waals surface area (Å²) in [5, 5.41) is 4.16. The molecule has 0 saturated heterocycles. The summed E-state index contributed by atoms with van der Waals surface area (Å²) in [6, 6.07) is 20.8. The number of nitrogens with zero attached hydrogens (tertiary/aromatic N) is 1. The van der Waals surface area contributed by atoms with Crippen LogP contribution in [0.1, 0.15) is 48.8 Å². The van der Waals surface area contributed by atoms with E-state index < -0.39 is 6.04 Å². The molecule has 39 heavy (non-hydrogen) atoms. The second kappa shape index (κ2) is 14.7. The molecule has 0 radical (unpaired) electrons. The molecule has 1 aliphatic carbocycles. The quantitative estimate of drug-likeness (QED) is 0.254. The Morgan fingerprint density at radius 1 is 0.949 bits per heavy atom. The number of nitrogens with one attached hydrogen (secondary N) is 1. The van der Waals surface area contributed by atoms with Crippen molar-refractivity contribution in [1.82, 2.24) is 10.2 Å². The van der Waals surface area contributed by atoms with Crippen molar-refractivity contribution in [1.29, 1.82) is 0 Å². The van der Waals surface area contributed by atoms with Gasteiger partial charge in [0.2, 0.25) is 11.8 Å². The number of benzene rings is 3. The van der Waals surface area contributed by atoms with Crippen LogP contribution in [0.3, 0.4) is 0 Å². The third kappa shape index (κ3) is 8.72. The molecule has 1 saturated carbocycles. The van der Waals surface area contributed by atoms with Gasteiger partial charge in [0.05, 0.1) is 5.75 Å². The van der Waals surface area contributed by atoms with E-state index in [2.05, 4.69) is 5.32 Å². The van der Waals surface area contributed by atoms with Crippen LogP contribution in [0, 0.1) is 5.82 Å². The second-order valence-corrected chi connectivity index (χ2v) is 11.7. The smallest absolute Gasteiger partial charge is 0.243 e. The number of carbonyl (C=O) groups excluding carboxylic acids is 2. The van der Waals surface area contributed by atoms with Crippen LogP contribution in [0.15, 0.2) is 72.8 Å². The van der Waals surface area contributed by atoms with E-state index in [4.69, 9.17) is 23.2 Å². The van der Waals surface area contributed by atoms with Gasteiger partial charge in [-0.3, -0.25) is 9.59 Å². The van der Waals surface area contributed by atoms with Gasteiger partial charge < -0.3 is 10.2 Å². The van der Waals surface area contributed by atoms with E-state index in [1.54, 1.807) is 41.3 Å². The van der Waals surface area contributed by atoms with Crippen LogP contribution in [0.5, 0.6) is 0 Å². The third-order valence-corrected chi connectivity index (χ3v) is 8.57. The van der Waals surface area contributed by atoms with E-state index >= 15 is 0 Å². The van der Waals surface area contributed by atoms with E-state index in [0.29, 0.717) is 33.3 Å². The number of thioether (sulfide) groups is 1. The highest BCUT2D eigenvalue weighted by Gasteiger charge is 2.32. The molecule has 0 spiro atoms. The maximum Gasteiger partial charge on any atom is 0.243 e. The first-order valence-corrected chi connectivity index (χ1v) is 15.2. The highest BCUT2D eigenvalue weighted by Crippen LogP contribution is 2.26. The lowest BCUT2D eigenvalue weighted by molar-refractivity contribution is -0.139. The second-order valence-electron chi connectivity index (χ2n) is 9.89. The number of rotatable bonds is 11. The predicted molar refractivity (Wildman–Crippen MR) is 159 cm³/mol. The molecule has 3 aromatic carbocycles. The lowest BCUT2D eigenvalue weighted by Crippen LogP contribution is -2.53. The van der Waals surface area contributed by atoms with E-state index in [0.717, 1.165) is 31.2 Å². The van der Waals surface area contributed by atoms with Gasteiger partial charge in [0.1, 0.15) is 11.9 Å². The Morgan fingerprint density at radius 2 is 1.67 bits per heavy atom. The van der Waals surface area contributed by atoms with Crippen LogP contribution in [-0.2, 0) is 28.3 Å². The van der Waals surface area contributed by atoms with Crippen LogP contribution in [-0.4, -0.2) is 34.6 Å². The fraction of sp³-hybridized carbons (Fsp3) is 0.355. The van der Waals surface area contributed by atoms with Gasteiger partial charge in [-0.05, 0) is 47.7 Å². The van der Waals surface area contributed by atoms with Gasteiger partial charge in [-0.1, -0.05) is 97.1 Å². The number of hydrogen-bond acceptors (Lipinski definition) is 3. The average Bonchev–Trinajstić information content (AvgIpc) is 2.94. The summed E-state index contributed by atoms with van der Waals surface area (Å²) < 4.78 is 14.1. The molecule has 8 heteroatoms. The van der Waals surface area contributed by atoms with E-state index in [1.807, 2.05) is 30.3 Å². The van der Waals surface area contributed by atoms with Crippen LogP contribution in [0.25, 0.3) is 0 Å². The van der Waals surface area contributed by atoms with Crippen LogP contribution in [0.2, 0.25) is 10.0 Å². The lowest BCUT2D eigenvalue weighted by Gasteiger charge is -2.33. The minimum absolute atomic E-state index is 0.0988. The van der Waals surface area contributed by atoms with Gasteiger partial charge >= 0.3 is 0 Å². The van der Waals surface area contributed by atoms with Gasteiger partial charge in [0.25, 0.3) is 0 Å². The molecule has 0 heterocycles. The van der Waals surface area contributed by atoms with Gasteiger partial charge in [-0.2, -0.15) is 0 Å². The summed E-state index contributed by atoms with van der Waals surface area (Å²) in [6.45, 7) is 0.157. The van der Waals surface area contributed by atoms with Crippen LogP contribution in [0.4, 0.5) is 4.39 Å². The van der Waals surface area contributed by atoms with Gasteiger partial charge in [0, 0.05) is 34.8 Å². The minimum atomic E-state index is -0.734. The topological polar surface area (TPSA) is 49.4 Å². The van der Waals surface area contributed by atoms with E-state index in [1.165, 1.54) is 24.2 Å².